The molecule has 0 aliphatic carbocycles. The van der Waals surface area contributed by atoms with Gasteiger partial charge in [-0.15, -0.1) is 0 Å². The van der Waals surface area contributed by atoms with E-state index >= 15 is 0 Å². The van der Waals surface area contributed by atoms with Crippen molar-refractivity contribution in [3.05, 3.63) is 29.8 Å². The first-order valence-electron chi connectivity index (χ1n) is 8.42. The van der Waals surface area contributed by atoms with Crippen molar-refractivity contribution in [2.75, 3.05) is 66.5 Å². The van der Waals surface area contributed by atoms with E-state index in [4.69, 9.17) is 4.74 Å². The Bertz CT molecular complexity index is 411. The average molecular weight is 305 g/mol. The number of ether oxygens (including phenoxy) is 1. The third-order valence-corrected chi connectivity index (χ3v) is 4.24. The van der Waals surface area contributed by atoms with Gasteiger partial charge in [0.05, 0.1) is 6.61 Å². The zero-order valence-corrected chi connectivity index (χ0v) is 14.4. The van der Waals surface area contributed by atoms with E-state index in [1.165, 1.54) is 38.3 Å². The maximum atomic E-state index is 5.80. The van der Waals surface area contributed by atoms with Crippen LogP contribution in [-0.2, 0) is 0 Å². The van der Waals surface area contributed by atoms with Crippen LogP contribution in [0.3, 0.4) is 0 Å². The van der Waals surface area contributed by atoms with Gasteiger partial charge in [-0.05, 0) is 39.6 Å². The van der Waals surface area contributed by atoms with E-state index in [-0.39, 0.29) is 0 Å². The van der Waals surface area contributed by atoms with E-state index in [2.05, 4.69) is 60.0 Å². The standard InChI is InChI=1S/C18H31N3O/c1-17-5-7-18(8-6-17)22-16-4-9-20-12-14-21(15-13-20)11-10-19(2)3/h5-8H,4,9-16H2,1-3H3. The van der Waals surface area contributed by atoms with Crippen molar-refractivity contribution in [1.29, 1.82) is 0 Å². The SMILES string of the molecule is Cc1ccc(OCCCN2CCN(CCN(C)C)CC2)cc1. The zero-order valence-electron chi connectivity index (χ0n) is 14.4. The van der Waals surface area contributed by atoms with Crippen molar-refractivity contribution < 1.29 is 4.74 Å². The predicted molar refractivity (Wildman–Crippen MR) is 92.7 cm³/mol. The van der Waals surface area contributed by atoms with Crippen LogP contribution in [0.5, 0.6) is 5.75 Å². The lowest BCUT2D eigenvalue weighted by atomic mass is 10.2. The van der Waals surface area contributed by atoms with Gasteiger partial charge in [-0.2, -0.15) is 0 Å². The number of rotatable bonds is 8. The van der Waals surface area contributed by atoms with Gasteiger partial charge in [-0.3, -0.25) is 4.90 Å². The molecule has 1 aliphatic rings. The molecular weight excluding hydrogens is 274 g/mol. The van der Waals surface area contributed by atoms with Crippen LogP contribution in [0.15, 0.2) is 24.3 Å². The van der Waals surface area contributed by atoms with Crippen molar-refractivity contribution in [2.45, 2.75) is 13.3 Å². The largest absolute Gasteiger partial charge is 0.494 e. The fraction of sp³-hybridized carbons (Fsp3) is 0.667. The van der Waals surface area contributed by atoms with Crippen LogP contribution < -0.4 is 4.74 Å². The second kappa shape index (κ2) is 9.13. The number of nitrogens with zero attached hydrogens (tertiary/aromatic N) is 3. The minimum Gasteiger partial charge on any atom is -0.494 e. The van der Waals surface area contributed by atoms with Gasteiger partial charge in [-0.1, -0.05) is 17.7 Å². The summed E-state index contributed by atoms with van der Waals surface area (Å²) < 4.78 is 5.80. The minimum absolute atomic E-state index is 0.809. The molecule has 0 N–H and O–H groups in total. The van der Waals surface area contributed by atoms with Gasteiger partial charge in [0.1, 0.15) is 5.75 Å². The molecule has 1 aromatic carbocycles. The first-order valence-corrected chi connectivity index (χ1v) is 8.42. The molecule has 0 amide bonds. The Hall–Kier alpha value is -1.10. The van der Waals surface area contributed by atoms with Crippen LogP contribution in [0.1, 0.15) is 12.0 Å². The maximum Gasteiger partial charge on any atom is 0.119 e. The molecule has 1 aromatic rings. The van der Waals surface area contributed by atoms with Crippen molar-refractivity contribution >= 4 is 0 Å². The fourth-order valence-corrected chi connectivity index (χ4v) is 2.69. The Kier molecular flexibility index (Phi) is 7.16. The van der Waals surface area contributed by atoms with Crippen LogP contribution in [-0.4, -0.2) is 81.2 Å². The lowest BCUT2D eigenvalue weighted by molar-refractivity contribution is 0.120. The van der Waals surface area contributed by atoms with Gasteiger partial charge in [-0.25, -0.2) is 0 Å². The monoisotopic (exact) mass is 305 g/mol. The van der Waals surface area contributed by atoms with Crippen LogP contribution in [0.25, 0.3) is 0 Å². The zero-order chi connectivity index (χ0) is 15.8. The van der Waals surface area contributed by atoms with Crippen molar-refractivity contribution in [2.24, 2.45) is 0 Å². The summed E-state index contributed by atoms with van der Waals surface area (Å²) in [6, 6.07) is 8.31. The minimum atomic E-state index is 0.809. The van der Waals surface area contributed by atoms with E-state index in [9.17, 15) is 0 Å². The van der Waals surface area contributed by atoms with Gasteiger partial charge >= 0.3 is 0 Å². The second-order valence-corrected chi connectivity index (χ2v) is 6.50. The van der Waals surface area contributed by atoms with Crippen LogP contribution >= 0.6 is 0 Å². The molecule has 0 aromatic heterocycles. The lowest BCUT2D eigenvalue weighted by Crippen LogP contribution is -2.48. The highest BCUT2D eigenvalue weighted by atomic mass is 16.5. The second-order valence-electron chi connectivity index (χ2n) is 6.50. The molecule has 124 valence electrons. The molecule has 1 saturated heterocycles. The number of piperazine rings is 1. The third kappa shape index (κ3) is 6.34. The number of likely N-dealkylation sites (N-methyl/N-ethyl adjacent to an activating group) is 1. The Morgan fingerprint density at radius 3 is 2.14 bits per heavy atom. The topological polar surface area (TPSA) is 19.0 Å². The van der Waals surface area contributed by atoms with Crippen molar-refractivity contribution in [3.8, 4) is 5.75 Å². The summed E-state index contributed by atoms with van der Waals surface area (Å²) in [6.07, 6.45) is 1.10. The van der Waals surface area contributed by atoms with E-state index in [0.29, 0.717) is 0 Å². The molecule has 0 radical (unpaired) electrons. The quantitative estimate of drug-likeness (QED) is 0.683. The molecule has 2 rings (SSSR count). The molecule has 22 heavy (non-hydrogen) atoms. The van der Waals surface area contributed by atoms with Gasteiger partial charge in [0.2, 0.25) is 0 Å². The van der Waals surface area contributed by atoms with Crippen molar-refractivity contribution in [3.63, 3.8) is 0 Å². The smallest absolute Gasteiger partial charge is 0.119 e. The summed E-state index contributed by atoms with van der Waals surface area (Å²) in [5.74, 6) is 0.985. The fourth-order valence-electron chi connectivity index (χ4n) is 2.69. The Morgan fingerprint density at radius 2 is 1.55 bits per heavy atom. The molecule has 0 saturated carbocycles. The van der Waals surface area contributed by atoms with Gasteiger partial charge in [0.15, 0.2) is 0 Å². The number of hydrogen-bond donors (Lipinski definition) is 0. The number of hydrogen-bond acceptors (Lipinski definition) is 4. The molecule has 0 unspecified atom stereocenters. The van der Waals surface area contributed by atoms with Crippen LogP contribution in [0.2, 0.25) is 0 Å². The Balaban J connectivity index is 1.54. The van der Waals surface area contributed by atoms with Crippen LogP contribution in [0.4, 0.5) is 0 Å². The molecular formula is C18H31N3O. The first kappa shape index (κ1) is 17.3. The van der Waals surface area contributed by atoms with E-state index < -0.39 is 0 Å². The lowest BCUT2D eigenvalue weighted by Gasteiger charge is -2.35. The molecule has 4 heteroatoms. The van der Waals surface area contributed by atoms with Gasteiger partial charge in [0, 0.05) is 45.8 Å². The summed E-state index contributed by atoms with van der Waals surface area (Å²) in [6.45, 7) is 11.2. The summed E-state index contributed by atoms with van der Waals surface area (Å²) in [5.41, 5.74) is 1.28. The molecule has 1 fully saturated rings. The summed E-state index contributed by atoms with van der Waals surface area (Å²) in [4.78, 5) is 7.39. The summed E-state index contributed by atoms with van der Waals surface area (Å²) in [7, 11) is 4.29. The molecule has 1 heterocycles. The van der Waals surface area contributed by atoms with Crippen LogP contribution in [0, 0.1) is 6.92 Å². The number of aryl methyl sites for hydroxylation is 1. The first-order chi connectivity index (χ1) is 10.6. The molecule has 0 spiro atoms. The maximum absolute atomic E-state index is 5.80. The Labute approximate surface area is 135 Å². The number of benzene rings is 1. The highest BCUT2D eigenvalue weighted by Gasteiger charge is 2.16. The third-order valence-electron chi connectivity index (χ3n) is 4.24. The summed E-state index contributed by atoms with van der Waals surface area (Å²) in [5, 5.41) is 0. The van der Waals surface area contributed by atoms with E-state index in [1.807, 2.05) is 0 Å². The van der Waals surface area contributed by atoms with E-state index in [0.717, 1.165) is 31.9 Å². The highest BCUT2D eigenvalue weighted by Crippen LogP contribution is 2.11. The van der Waals surface area contributed by atoms with Gasteiger partial charge < -0.3 is 14.5 Å². The molecule has 0 atom stereocenters. The highest BCUT2D eigenvalue weighted by molar-refractivity contribution is 5.26. The molecule has 1 aliphatic heterocycles. The predicted octanol–water partition coefficient (Wildman–Crippen LogP) is 1.94. The normalized spacial score (nSPS) is 17.1. The average Bonchev–Trinajstić information content (AvgIpc) is 2.52. The Morgan fingerprint density at radius 1 is 0.955 bits per heavy atom. The molecule has 4 nitrogen and oxygen atoms in total. The van der Waals surface area contributed by atoms with E-state index in [1.54, 1.807) is 0 Å². The van der Waals surface area contributed by atoms with Crippen molar-refractivity contribution in [1.82, 2.24) is 14.7 Å². The summed E-state index contributed by atoms with van der Waals surface area (Å²) >= 11 is 0. The molecule has 0 bridgehead atoms. The van der Waals surface area contributed by atoms with Gasteiger partial charge in [0.25, 0.3) is 0 Å².